The van der Waals surface area contributed by atoms with E-state index in [1.807, 2.05) is 0 Å². The van der Waals surface area contributed by atoms with Crippen LogP contribution in [0.5, 0.6) is 17.2 Å². The van der Waals surface area contributed by atoms with E-state index >= 15 is 0 Å². The second-order valence-corrected chi connectivity index (χ2v) is 4.29. The highest BCUT2D eigenvalue weighted by atomic mass is 19.4. The molecule has 0 amide bonds. The van der Waals surface area contributed by atoms with Crippen molar-refractivity contribution >= 4 is 0 Å². The fraction of sp³-hybridized carbons (Fsp3) is 0.143. The van der Waals surface area contributed by atoms with Gasteiger partial charge in [0, 0.05) is 12.1 Å². The fourth-order valence-electron chi connectivity index (χ4n) is 1.68. The molecule has 2 aromatic rings. The van der Waals surface area contributed by atoms with E-state index in [1.54, 1.807) is 0 Å². The molecule has 0 atom stereocenters. The topological polar surface area (TPSA) is 18.5 Å². The Balaban J connectivity index is 2.46. The Bertz CT molecular complexity index is 694. The van der Waals surface area contributed by atoms with Crippen molar-refractivity contribution < 1.29 is 40.2 Å². The summed E-state index contributed by atoms with van der Waals surface area (Å²) in [6.07, 6.45) is -4.99. The smallest absolute Gasteiger partial charge is 0.416 e. The van der Waals surface area contributed by atoms with Crippen LogP contribution >= 0.6 is 0 Å². The van der Waals surface area contributed by atoms with Crippen LogP contribution in [0, 0.1) is 23.3 Å². The maximum Gasteiger partial charge on any atom is 0.416 e. The first-order chi connectivity index (χ1) is 10.6. The van der Waals surface area contributed by atoms with Crippen LogP contribution in [0.4, 0.5) is 30.7 Å². The lowest BCUT2D eigenvalue weighted by atomic mass is 10.2. The zero-order valence-electron chi connectivity index (χ0n) is 11.3. The minimum absolute atomic E-state index is 0.0439. The first-order valence-electron chi connectivity index (χ1n) is 5.90. The van der Waals surface area contributed by atoms with E-state index < -0.39 is 46.5 Å². The first kappa shape index (κ1) is 16.9. The van der Waals surface area contributed by atoms with Gasteiger partial charge in [0.2, 0.25) is 0 Å². The van der Waals surface area contributed by atoms with Crippen molar-refractivity contribution in [2.24, 2.45) is 0 Å². The summed E-state index contributed by atoms with van der Waals surface area (Å²) in [7, 11) is 1.13. The summed E-state index contributed by atoms with van der Waals surface area (Å²) in [5, 5.41) is 0. The molecule has 0 spiro atoms. The molecule has 0 aliphatic carbocycles. The van der Waals surface area contributed by atoms with Crippen LogP contribution in [0.3, 0.4) is 0 Å². The highest BCUT2D eigenvalue weighted by Crippen LogP contribution is 2.37. The Kier molecular flexibility index (Phi) is 4.39. The van der Waals surface area contributed by atoms with Gasteiger partial charge in [-0.1, -0.05) is 0 Å². The van der Waals surface area contributed by atoms with Crippen molar-refractivity contribution in [1.82, 2.24) is 0 Å². The van der Waals surface area contributed by atoms with E-state index in [9.17, 15) is 30.7 Å². The molecule has 23 heavy (non-hydrogen) atoms. The first-order valence-corrected chi connectivity index (χ1v) is 5.90. The molecular weight excluding hydrogens is 333 g/mol. The van der Waals surface area contributed by atoms with Crippen LogP contribution in [0.1, 0.15) is 5.56 Å². The predicted octanol–water partition coefficient (Wildman–Crippen LogP) is 5.06. The number of benzene rings is 2. The lowest BCUT2D eigenvalue weighted by Gasteiger charge is -2.13. The number of halogens is 7. The lowest BCUT2D eigenvalue weighted by Crippen LogP contribution is -2.07. The summed E-state index contributed by atoms with van der Waals surface area (Å²) in [5.41, 5.74) is -1.60. The zero-order chi connectivity index (χ0) is 17.4. The van der Waals surface area contributed by atoms with Crippen LogP contribution in [0.2, 0.25) is 0 Å². The molecule has 0 saturated carbocycles. The van der Waals surface area contributed by atoms with Crippen LogP contribution in [-0.4, -0.2) is 7.11 Å². The summed E-state index contributed by atoms with van der Waals surface area (Å²) in [6, 6.07) is 1.27. The number of hydrogen-bond acceptors (Lipinski definition) is 2. The molecule has 0 fully saturated rings. The summed E-state index contributed by atoms with van der Waals surface area (Å²) >= 11 is 0. The van der Waals surface area contributed by atoms with Gasteiger partial charge < -0.3 is 9.47 Å². The van der Waals surface area contributed by atoms with E-state index in [0.717, 1.165) is 7.11 Å². The van der Waals surface area contributed by atoms with Gasteiger partial charge in [-0.3, -0.25) is 0 Å². The molecule has 0 saturated heterocycles. The molecule has 0 heterocycles. The molecule has 0 N–H and O–H groups in total. The van der Waals surface area contributed by atoms with Crippen molar-refractivity contribution in [3.05, 3.63) is 53.1 Å². The fourth-order valence-corrected chi connectivity index (χ4v) is 1.68. The molecule has 0 aliphatic rings. The Morgan fingerprint density at radius 2 is 1.13 bits per heavy atom. The van der Waals surface area contributed by atoms with Gasteiger partial charge in [-0.05, 0) is 12.1 Å². The third kappa shape index (κ3) is 3.49. The Hall–Kier alpha value is -2.45. The number of rotatable bonds is 3. The van der Waals surface area contributed by atoms with Gasteiger partial charge >= 0.3 is 6.18 Å². The normalized spacial score (nSPS) is 11.5. The molecule has 0 aromatic heterocycles. The maximum absolute atomic E-state index is 13.6. The van der Waals surface area contributed by atoms with Gasteiger partial charge in [-0.2, -0.15) is 13.2 Å². The van der Waals surface area contributed by atoms with Gasteiger partial charge in [0.15, 0.2) is 34.8 Å². The van der Waals surface area contributed by atoms with E-state index in [-0.39, 0.29) is 17.9 Å². The van der Waals surface area contributed by atoms with Crippen LogP contribution in [0.25, 0.3) is 0 Å². The largest absolute Gasteiger partial charge is 0.497 e. The monoisotopic (exact) mass is 340 g/mol. The third-order valence-electron chi connectivity index (χ3n) is 2.74. The average Bonchev–Trinajstić information content (AvgIpc) is 2.43. The molecule has 0 radical (unpaired) electrons. The molecule has 0 aliphatic heterocycles. The summed E-state index contributed by atoms with van der Waals surface area (Å²) < 4.78 is 101. The van der Waals surface area contributed by atoms with E-state index in [4.69, 9.17) is 0 Å². The Morgan fingerprint density at radius 1 is 0.739 bits per heavy atom. The second kappa shape index (κ2) is 5.98. The SMILES string of the molecule is COc1cc(F)c(Oc2c(F)cc(C(F)(F)F)cc2F)c(F)c1. The van der Waals surface area contributed by atoms with Crippen molar-refractivity contribution in [2.45, 2.75) is 6.18 Å². The number of methoxy groups -OCH3 is 1. The quantitative estimate of drug-likeness (QED) is 0.727. The van der Waals surface area contributed by atoms with E-state index in [0.29, 0.717) is 12.1 Å². The number of hydrogen-bond donors (Lipinski definition) is 0. The van der Waals surface area contributed by atoms with Crippen molar-refractivity contribution in [3.8, 4) is 17.2 Å². The Morgan fingerprint density at radius 3 is 1.48 bits per heavy atom. The molecule has 2 rings (SSSR count). The maximum atomic E-state index is 13.6. The summed E-state index contributed by atoms with van der Waals surface area (Å²) in [4.78, 5) is 0. The van der Waals surface area contributed by atoms with Gasteiger partial charge in [-0.25, -0.2) is 17.6 Å². The minimum atomic E-state index is -4.99. The molecule has 2 nitrogen and oxygen atoms in total. The van der Waals surface area contributed by atoms with Crippen molar-refractivity contribution in [3.63, 3.8) is 0 Å². The highest BCUT2D eigenvalue weighted by molar-refractivity contribution is 5.40. The highest BCUT2D eigenvalue weighted by Gasteiger charge is 2.33. The predicted molar refractivity (Wildman–Crippen MR) is 64.3 cm³/mol. The zero-order valence-corrected chi connectivity index (χ0v) is 11.3. The van der Waals surface area contributed by atoms with Crippen molar-refractivity contribution in [1.29, 1.82) is 0 Å². The van der Waals surface area contributed by atoms with Crippen molar-refractivity contribution in [2.75, 3.05) is 7.11 Å². The van der Waals surface area contributed by atoms with Crippen LogP contribution < -0.4 is 9.47 Å². The summed E-state index contributed by atoms with van der Waals surface area (Å²) in [5.74, 6) is -8.97. The van der Waals surface area contributed by atoms with Gasteiger partial charge in [0.1, 0.15) is 5.75 Å². The minimum Gasteiger partial charge on any atom is -0.497 e. The lowest BCUT2D eigenvalue weighted by molar-refractivity contribution is -0.138. The standard InChI is InChI=1S/C14H7F7O2/c1-22-7-4-10(17)13(11(18)5-7)23-12-8(15)2-6(3-9(12)16)14(19,20)21/h2-5H,1H3. The number of alkyl halides is 3. The third-order valence-corrected chi connectivity index (χ3v) is 2.74. The molecular formula is C14H7F7O2. The molecule has 9 heteroatoms. The molecule has 0 bridgehead atoms. The molecule has 0 unspecified atom stereocenters. The van der Waals surface area contributed by atoms with Crippen LogP contribution in [-0.2, 0) is 6.18 Å². The van der Waals surface area contributed by atoms with Gasteiger partial charge in [0.25, 0.3) is 0 Å². The molecule has 124 valence electrons. The second-order valence-electron chi connectivity index (χ2n) is 4.29. The Labute approximate surface area is 125 Å². The average molecular weight is 340 g/mol. The molecule has 2 aromatic carbocycles. The van der Waals surface area contributed by atoms with E-state index in [2.05, 4.69) is 9.47 Å². The van der Waals surface area contributed by atoms with E-state index in [1.165, 1.54) is 0 Å². The van der Waals surface area contributed by atoms with Crippen LogP contribution in [0.15, 0.2) is 24.3 Å². The number of ether oxygens (including phenoxy) is 2. The summed E-state index contributed by atoms with van der Waals surface area (Å²) in [6.45, 7) is 0. The van der Waals surface area contributed by atoms with Gasteiger partial charge in [0.05, 0.1) is 12.7 Å². The van der Waals surface area contributed by atoms with Gasteiger partial charge in [-0.15, -0.1) is 0 Å².